The summed E-state index contributed by atoms with van der Waals surface area (Å²) in [6, 6.07) is 6.25. The van der Waals surface area contributed by atoms with Crippen LogP contribution in [0.1, 0.15) is 16.8 Å². The molecule has 0 aliphatic carbocycles. The maximum atomic E-state index is 5.18. The molecule has 2 heterocycles. The second-order valence-corrected chi connectivity index (χ2v) is 5.59. The fourth-order valence-electron chi connectivity index (χ4n) is 2.58. The SMILES string of the molecule is Cc1cccc(C)c1-n1ncc(-c2n[nH]c(=S)n2C)c1C. The average molecular weight is 299 g/mol. The summed E-state index contributed by atoms with van der Waals surface area (Å²) in [5, 5.41) is 11.7. The van der Waals surface area contributed by atoms with Crippen LogP contribution in [0.4, 0.5) is 0 Å². The highest BCUT2D eigenvalue weighted by Gasteiger charge is 2.16. The van der Waals surface area contributed by atoms with E-state index in [1.807, 2.05) is 29.4 Å². The number of nitrogens with one attached hydrogen (secondary N) is 1. The van der Waals surface area contributed by atoms with Crippen molar-refractivity contribution in [1.29, 1.82) is 0 Å². The van der Waals surface area contributed by atoms with Gasteiger partial charge in [-0.05, 0) is 44.1 Å². The first kappa shape index (κ1) is 13.8. The topological polar surface area (TPSA) is 51.4 Å². The maximum Gasteiger partial charge on any atom is 0.195 e. The Labute approximate surface area is 128 Å². The van der Waals surface area contributed by atoms with Crippen LogP contribution >= 0.6 is 12.2 Å². The number of rotatable bonds is 2. The van der Waals surface area contributed by atoms with Gasteiger partial charge in [-0.2, -0.15) is 10.2 Å². The molecule has 0 saturated carbocycles. The Kier molecular flexibility index (Phi) is 3.25. The molecule has 0 radical (unpaired) electrons. The zero-order valence-corrected chi connectivity index (χ0v) is 13.3. The van der Waals surface area contributed by atoms with Crippen LogP contribution in [0, 0.1) is 25.5 Å². The first-order valence-corrected chi connectivity index (χ1v) is 7.14. The van der Waals surface area contributed by atoms with Gasteiger partial charge in [0.2, 0.25) is 0 Å². The van der Waals surface area contributed by atoms with E-state index in [0.29, 0.717) is 4.77 Å². The van der Waals surface area contributed by atoms with Gasteiger partial charge in [0.1, 0.15) is 0 Å². The van der Waals surface area contributed by atoms with Crippen molar-refractivity contribution < 1.29 is 0 Å². The monoisotopic (exact) mass is 299 g/mol. The number of aromatic amines is 1. The standard InChI is InChI=1S/C15H17N5S/c1-9-6-5-7-10(2)13(9)20-11(3)12(8-16-20)14-17-18-15(21)19(14)4/h5-8H,1-4H3,(H,18,21). The normalized spacial score (nSPS) is 11.0. The second kappa shape index (κ2) is 4.96. The fourth-order valence-corrected chi connectivity index (χ4v) is 2.71. The molecule has 0 saturated heterocycles. The summed E-state index contributed by atoms with van der Waals surface area (Å²) in [5.41, 5.74) is 5.54. The molecule has 0 atom stereocenters. The molecule has 3 aromatic rings. The van der Waals surface area contributed by atoms with Crippen LogP contribution in [-0.2, 0) is 7.05 Å². The molecular formula is C15H17N5S. The van der Waals surface area contributed by atoms with Gasteiger partial charge in [0.25, 0.3) is 0 Å². The number of aromatic nitrogens is 5. The van der Waals surface area contributed by atoms with Crippen LogP contribution in [0.5, 0.6) is 0 Å². The molecule has 0 bridgehead atoms. The second-order valence-electron chi connectivity index (χ2n) is 5.21. The van der Waals surface area contributed by atoms with Crippen molar-refractivity contribution in [3.05, 3.63) is 46.0 Å². The van der Waals surface area contributed by atoms with E-state index in [9.17, 15) is 0 Å². The van der Waals surface area contributed by atoms with Gasteiger partial charge in [-0.15, -0.1) is 0 Å². The summed E-state index contributed by atoms with van der Waals surface area (Å²) in [6.07, 6.45) is 1.84. The zero-order chi connectivity index (χ0) is 15.1. The largest absolute Gasteiger partial charge is 0.303 e. The Hall–Kier alpha value is -2.21. The molecule has 0 amide bonds. The average Bonchev–Trinajstić information content (AvgIpc) is 2.95. The molecule has 6 heteroatoms. The van der Waals surface area contributed by atoms with E-state index in [1.54, 1.807) is 0 Å². The highest BCUT2D eigenvalue weighted by molar-refractivity contribution is 7.71. The van der Waals surface area contributed by atoms with Crippen molar-refractivity contribution in [3.63, 3.8) is 0 Å². The van der Waals surface area contributed by atoms with Gasteiger partial charge < -0.3 is 4.57 Å². The first-order valence-electron chi connectivity index (χ1n) is 6.73. The number of para-hydroxylation sites is 1. The lowest BCUT2D eigenvalue weighted by molar-refractivity contribution is 0.832. The summed E-state index contributed by atoms with van der Waals surface area (Å²) in [4.78, 5) is 0. The molecule has 3 rings (SSSR count). The molecule has 0 aliphatic heterocycles. The van der Waals surface area contributed by atoms with E-state index in [0.717, 1.165) is 22.8 Å². The number of aryl methyl sites for hydroxylation is 2. The molecular weight excluding hydrogens is 282 g/mol. The van der Waals surface area contributed by atoms with Gasteiger partial charge in [-0.1, -0.05) is 18.2 Å². The smallest absolute Gasteiger partial charge is 0.195 e. The summed E-state index contributed by atoms with van der Waals surface area (Å²) in [6.45, 7) is 6.24. The third kappa shape index (κ3) is 2.12. The van der Waals surface area contributed by atoms with Crippen molar-refractivity contribution in [2.45, 2.75) is 20.8 Å². The van der Waals surface area contributed by atoms with Crippen molar-refractivity contribution in [2.75, 3.05) is 0 Å². The Morgan fingerprint density at radius 1 is 1.14 bits per heavy atom. The van der Waals surface area contributed by atoms with Crippen molar-refractivity contribution >= 4 is 12.2 Å². The van der Waals surface area contributed by atoms with Crippen molar-refractivity contribution in [2.24, 2.45) is 7.05 Å². The number of hydrogen-bond donors (Lipinski definition) is 1. The molecule has 5 nitrogen and oxygen atoms in total. The molecule has 0 unspecified atom stereocenters. The van der Waals surface area contributed by atoms with E-state index in [4.69, 9.17) is 12.2 Å². The van der Waals surface area contributed by atoms with Crippen LogP contribution in [-0.4, -0.2) is 24.5 Å². The zero-order valence-electron chi connectivity index (χ0n) is 12.5. The lowest BCUT2D eigenvalue weighted by atomic mass is 10.1. The van der Waals surface area contributed by atoms with Crippen molar-refractivity contribution in [3.8, 4) is 17.1 Å². The van der Waals surface area contributed by atoms with Gasteiger partial charge in [-0.3, -0.25) is 5.10 Å². The predicted molar refractivity (Wildman–Crippen MR) is 85.2 cm³/mol. The first-order chi connectivity index (χ1) is 10.0. The Morgan fingerprint density at radius 2 is 1.81 bits per heavy atom. The van der Waals surface area contributed by atoms with E-state index in [-0.39, 0.29) is 0 Å². The van der Waals surface area contributed by atoms with Gasteiger partial charge in [0.15, 0.2) is 10.6 Å². The van der Waals surface area contributed by atoms with Crippen LogP contribution in [0.25, 0.3) is 17.1 Å². The van der Waals surface area contributed by atoms with Crippen LogP contribution < -0.4 is 0 Å². The van der Waals surface area contributed by atoms with E-state index < -0.39 is 0 Å². The van der Waals surface area contributed by atoms with Crippen LogP contribution in [0.15, 0.2) is 24.4 Å². The fraction of sp³-hybridized carbons (Fsp3) is 0.267. The molecule has 0 aliphatic rings. The van der Waals surface area contributed by atoms with Crippen molar-refractivity contribution in [1.82, 2.24) is 24.5 Å². The lowest BCUT2D eigenvalue weighted by Crippen LogP contribution is -2.04. The highest BCUT2D eigenvalue weighted by atomic mass is 32.1. The minimum Gasteiger partial charge on any atom is -0.303 e. The number of benzene rings is 1. The molecule has 0 spiro atoms. The van der Waals surface area contributed by atoms with E-state index >= 15 is 0 Å². The number of hydrogen-bond acceptors (Lipinski definition) is 3. The molecule has 1 aromatic carbocycles. The Morgan fingerprint density at radius 3 is 2.38 bits per heavy atom. The molecule has 2 aromatic heterocycles. The molecule has 21 heavy (non-hydrogen) atoms. The van der Waals surface area contributed by atoms with E-state index in [2.05, 4.69) is 47.3 Å². The summed E-state index contributed by atoms with van der Waals surface area (Å²) in [7, 11) is 1.90. The third-order valence-corrected chi connectivity index (χ3v) is 4.15. The number of nitrogens with zero attached hydrogens (tertiary/aromatic N) is 4. The van der Waals surface area contributed by atoms with Gasteiger partial charge >= 0.3 is 0 Å². The number of H-pyrrole nitrogens is 1. The minimum atomic E-state index is 0.601. The van der Waals surface area contributed by atoms with Crippen LogP contribution in [0.2, 0.25) is 0 Å². The minimum absolute atomic E-state index is 0.601. The molecule has 0 fully saturated rings. The quantitative estimate of drug-likeness (QED) is 0.739. The summed E-state index contributed by atoms with van der Waals surface area (Å²) >= 11 is 5.18. The van der Waals surface area contributed by atoms with E-state index in [1.165, 1.54) is 11.1 Å². The van der Waals surface area contributed by atoms with Crippen LogP contribution in [0.3, 0.4) is 0 Å². The summed E-state index contributed by atoms with van der Waals surface area (Å²) in [5.74, 6) is 0.801. The maximum absolute atomic E-state index is 5.18. The third-order valence-electron chi connectivity index (χ3n) is 3.78. The Bertz CT molecular complexity index is 848. The highest BCUT2D eigenvalue weighted by Crippen LogP contribution is 2.26. The molecule has 108 valence electrons. The Balaban J connectivity index is 2.21. The molecule has 1 N–H and O–H groups in total. The summed E-state index contributed by atoms with van der Waals surface area (Å²) < 4.78 is 4.43. The van der Waals surface area contributed by atoms with Gasteiger partial charge in [-0.25, -0.2) is 4.68 Å². The predicted octanol–water partition coefficient (Wildman–Crippen LogP) is 3.26. The van der Waals surface area contributed by atoms with Gasteiger partial charge in [0.05, 0.1) is 23.1 Å². The lowest BCUT2D eigenvalue weighted by Gasteiger charge is -2.11. The van der Waals surface area contributed by atoms with Gasteiger partial charge in [0, 0.05) is 7.05 Å².